The van der Waals surface area contributed by atoms with Crippen molar-refractivity contribution in [3.63, 3.8) is 0 Å². The third-order valence-electron chi connectivity index (χ3n) is 8.31. The Balaban J connectivity index is 1.17. The van der Waals surface area contributed by atoms with Gasteiger partial charge in [-0.2, -0.15) is 0 Å². The van der Waals surface area contributed by atoms with Crippen molar-refractivity contribution in [1.82, 2.24) is 0 Å². The van der Waals surface area contributed by atoms with Gasteiger partial charge in [-0.25, -0.2) is 4.79 Å². The minimum atomic E-state index is -0.356. The second-order valence-electron chi connectivity index (χ2n) is 13.0. The second kappa shape index (κ2) is 40.1. The quantitative estimate of drug-likeness (QED) is 0.0544. The van der Waals surface area contributed by atoms with Gasteiger partial charge in [0.05, 0.1) is 138 Å². The number of unbranched alkanes of at least 4 members (excludes halogenated alkanes) is 6. The predicted molar refractivity (Wildman–Crippen MR) is 219 cm³/mol. The number of aryl methyl sites for hydroxylation is 1. The minimum Gasteiger partial charge on any atom is -0.491 e. The molecule has 0 N–H and O–H groups in total. The van der Waals surface area contributed by atoms with Crippen molar-refractivity contribution in [1.29, 1.82) is 0 Å². The Morgan fingerprint density at radius 3 is 1.14 bits per heavy atom. The Bertz CT molecular complexity index is 1120. The lowest BCUT2D eigenvalue weighted by Gasteiger charge is -2.09. The van der Waals surface area contributed by atoms with Crippen LogP contribution in [-0.4, -0.2) is 151 Å². The molecule has 13 nitrogen and oxygen atoms in total. The van der Waals surface area contributed by atoms with E-state index < -0.39 is 0 Å². The van der Waals surface area contributed by atoms with Crippen molar-refractivity contribution in [3.05, 3.63) is 65.7 Å². The molecule has 0 aromatic heterocycles. The summed E-state index contributed by atoms with van der Waals surface area (Å²) in [6.07, 6.45) is 10.5. The minimum absolute atomic E-state index is 0.201. The van der Waals surface area contributed by atoms with Gasteiger partial charge in [0.1, 0.15) is 19.0 Å². The maximum absolute atomic E-state index is 11.8. The van der Waals surface area contributed by atoms with Crippen LogP contribution in [0.4, 0.5) is 0 Å². The van der Waals surface area contributed by atoms with E-state index >= 15 is 0 Å². The predicted octanol–water partition coefficient (Wildman–Crippen LogP) is 6.38. The van der Waals surface area contributed by atoms with Crippen molar-refractivity contribution >= 4 is 5.97 Å². The number of carbonyl (C=O) groups excluding carboxylic acids is 1. The molecular weight excluding hydrogens is 736 g/mol. The molecule has 0 spiro atoms. The fourth-order valence-corrected chi connectivity index (χ4v) is 5.19. The monoisotopic (exact) mass is 808 g/mol. The molecule has 2 rings (SSSR count). The highest BCUT2D eigenvalue weighted by Gasteiger charge is 2.05. The maximum Gasteiger partial charge on any atom is 0.338 e. The average molecular weight is 809 g/mol. The largest absolute Gasteiger partial charge is 0.491 e. The average Bonchev–Trinajstić information content (AvgIpc) is 3.24. The van der Waals surface area contributed by atoms with Gasteiger partial charge in [0.25, 0.3) is 0 Å². The summed E-state index contributed by atoms with van der Waals surface area (Å²) >= 11 is 0. The first kappa shape index (κ1) is 50.5. The van der Waals surface area contributed by atoms with E-state index in [2.05, 4.69) is 31.2 Å². The molecule has 0 bridgehead atoms. The lowest BCUT2D eigenvalue weighted by Crippen LogP contribution is -2.15. The number of hydrogen-bond acceptors (Lipinski definition) is 13. The Hall–Kier alpha value is -2.69. The van der Waals surface area contributed by atoms with E-state index in [1.54, 1.807) is 24.3 Å². The lowest BCUT2D eigenvalue weighted by atomic mass is 10.0. The van der Waals surface area contributed by atoms with E-state index in [9.17, 15) is 4.79 Å². The summed E-state index contributed by atoms with van der Waals surface area (Å²) in [5, 5.41) is 0. The maximum atomic E-state index is 11.8. The Morgan fingerprint density at radius 2 is 0.737 bits per heavy atom. The van der Waals surface area contributed by atoms with E-state index in [1.807, 2.05) is 6.07 Å². The number of carbonyl (C=O) groups is 1. The number of esters is 1. The lowest BCUT2D eigenvalue weighted by molar-refractivity contribution is -0.0273. The summed E-state index contributed by atoms with van der Waals surface area (Å²) in [6, 6.07) is 17.3. The Morgan fingerprint density at radius 1 is 0.386 bits per heavy atom. The van der Waals surface area contributed by atoms with Crippen molar-refractivity contribution in [3.8, 4) is 5.75 Å². The van der Waals surface area contributed by atoms with Crippen LogP contribution in [0.25, 0.3) is 0 Å². The number of benzene rings is 2. The summed E-state index contributed by atoms with van der Waals surface area (Å²) in [4.78, 5) is 11.8. The molecule has 0 saturated heterocycles. The van der Waals surface area contributed by atoms with Crippen LogP contribution < -0.4 is 4.74 Å². The smallest absolute Gasteiger partial charge is 0.338 e. The van der Waals surface area contributed by atoms with Crippen LogP contribution in [0.5, 0.6) is 5.75 Å². The molecule has 13 heteroatoms. The third kappa shape index (κ3) is 32.9. The van der Waals surface area contributed by atoms with Crippen LogP contribution in [0.15, 0.2) is 54.6 Å². The van der Waals surface area contributed by atoms with Gasteiger partial charge in [-0.1, -0.05) is 75.8 Å². The zero-order chi connectivity index (χ0) is 40.4. The highest BCUT2D eigenvalue weighted by molar-refractivity contribution is 5.89. The van der Waals surface area contributed by atoms with Gasteiger partial charge in [-0.3, -0.25) is 0 Å². The van der Waals surface area contributed by atoms with Crippen molar-refractivity contribution in [2.24, 2.45) is 0 Å². The molecule has 2 aromatic carbocycles. The van der Waals surface area contributed by atoms with E-state index in [0.717, 1.165) is 12.2 Å². The Labute approximate surface area is 342 Å². The van der Waals surface area contributed by atoms with Crippen LogP contribution in [0, 0.1) is 0 Å². The fraction of sp³-hybridized carbons (Fsp3) is 0.705. The molecule has 0 aliphatic rings. The number of rotatable bonds is 43. The van der Waals surface area contributed by atoms with E-state index in [4.69, 9.17) is 56.8 Å². The zero-order valence-corrected chi connectivity index (χ0v) is 34.7. The highest BCUT2D eigenvalue weighted by atomic mass is 16.6. The van der Waals surface area contributed by atoms with Crippen molar-refractivity contribution in [2.45, 2.75) is 58.3 Å². The molecule has 0 heterocycles. The van der Waals surface area contributed by atoms with Gasteiger partial charge < -0.3 is 56.8 Å². The van der Waals surface area contributed by atoms with Crippen LogP contribution >= 0.6 is 0 Å². The molecule has 0 unspecified atom stereocenters. The summed E-state index contributed by atoms with van der Waals surface area (Å²) in [5.41, 5.74) is 1.90. The zero-order valence-electron chi connectivity index (χ0n) is 34.7. The van der Waals surface area contributed by atoms with Gasteiger partial charge in [-0.05, 0) is 42.7 Å². The fourth-order valence-electron chi connectivity index (χ4n) is 5.19. The van der Waals surface area contributed by atoms with Gasteiger partial charge in [0, 0.05) is 0 Å². The van der Waals surface area contributed by atoms with Crippen LogP contribution in [0.3, 0.4) is 0 Å². The molecule has 0 atom stereocenters. The molecule has 0 amide bonds. The normalized spacial score (nSPS) is 11.3. The first-order valence-electron chi connectivity index (χ1n) is 21.0. The summed E-state index contributed by atoms with van der Waals surface area (Å²) in [6.45, 7) is 12.7. The van der Waals surface area contributed by atoms with E-state index in [1.165, 1.54) is 50.5 Å². The number of hydrogen-bond donors (Lipinski definition) is 0. The van der Waals surface area contributed by atoms with Gasteiger partial charge in [-0.15, -0.1) is 0 Å². The molecule has 0 radical (unpaired) electrons. The summed E-state index contributed by atoms with van der Waals surface area (Å²) < 4.78 is 66.0. The number of ether oxygens (including phenoxy) is 12. The van der Waals surface area contributed by atoms with Gasteiger partial charge >= 0.3 is 5.97 Å². The molecule has 0 aliphatic heterocycles. The molecule has 0 aliphatic carbocycles. The van der Waals surface area contributed by atoms with Gasteiger partial charge in [0.2, 0.25) is 0 Å². The van der Waals surface area contributed by atoms with Crippen LogP contribution in [0.2, 0.25) is 0 Å². The standard InChI is InChI=1S/C44H72O13/c1-2-3-4-5-6-7-9-12-41-15-17-43(18-16-41)56-39-37-54-35-33-52-31-29-50-27-25-48-23-21-46-19-20-47-22-24-49-26-28-51-30-32-53-34-36-55-38-40-57-44(45)42-13-10-8-11-14-42/h8,10-11,13-18H,2-7,9,12,19-40H2,1H3. The second-order valence-corrected chi connectivity index (χ2v) is 13.0. The summed E-state index contributed by atoms with van der Waals surface area (Å²) in [5.74, 6) is 0.527. The van der Waals surface area contributed by atoms with Gasteiger partial charge in [0.15, 0.2) is 0 Å². The summed E-state index contributed by atoms with van der Waals surface area (Å²) in [7, 11) is 0. The van der Waals surface area contributed by atoms with E-state index in [-0.39, 0.29) is 12.6 Å². The molecular formula is C44H72O13. The first-order valence-corrected chi connectivity index (χ1v) is 21.0. The van der Waals surface area contributed by atoms with Crippen LogP contribution in [-0.2, 0) is 58.5 Å². The molecule has 0 saturated carbocycles. The van der Waals surface area contributed by atoms with Crippen LogP contribution in [0.1, 0.15) is 67.8 Å². The molecule has 0 fully saturated rings. The third-order valence-corrected chi connectivity index (χ3v) is 8.31. The molecule has 326 valence electrons. The Kier molecular flexibility index (Phi) is 35.5. The first-order chi connectivity index (χ1) is 28.3. The van der Waals surface area contributed by atoms with Crippen molar-refractivity contribution in [2.75, 3.05) is 145 Å². The van der Waals surface area contributed by atoms with Crippen molar-refractivity contribution < 1.29 is 61.6 Å². The highest BCUT2D eigenvalue weighted by Crippen LogP contribution is 2.15. The van der Waals surface area contributed by atoms with E-state index in [0.29, 0.717) is 144 Å². The SMILES string of the molecule is CCCCCCCCCc1ccc(OCCOCCOCCOCCOCCOCCOCCOCCOCCOCCOCCOC(=O)c2ccccc2)cc1. The topological polar surface area (TPSA) is 128 Å². The molecule has 2 aromatic rings. The molecule has 57 heavy (non-hydrogen) atoms.